The number of carbonyl (C=O) groups is 1. The van der Waals surface area contributed by atoms with Crippen molar-refractivity contribution in [2.75, 3.05) is 13.1 Å². The Labute approximate surface area is 180 Å². The summed E-state index contributed by atoms with van der Waals surface area (Å²) in [5.74, 6) is 0.238. The second kappa shape index (κ2) is 8.60. The van der Waals surface area contributed by atoms with E-state index in [1.807, 2.05) is 36.1 Å². The molecule has 4 rings (SSSR count). The number of piperidine rings is 1. The number of carbonyl (C=O) groups excluding carboxylic acids is 1. The van der Waals surface area contributed by atoms with Crippen LogP contribution in [-0.4, -0.2) is 35.0 Å². The van der Waals surface area contributed by atoms with E-state index in [0.29, 0.717) is 10.8 Å². The van der Waals surface area contributed by atoms with E-state index in [1.54, 1.807) is 13.0 Å². The van der Waals surface area contributed by atoms with E-state index < -0.39 is 6.10 Å². The fraction of sp³-hybridized carbons (Fsp3) is 0.333. The number of aryl methyl sites for hydroxylation is 1. The molecule has 1 amide bonds. The minimum atomic E-state index is -0.559. The molecule has 30 heavy (non-hydrogen) atoms. The number of hydrogen-bond acceptors (Lipinski definition) is 3. The maximum atomic E-state index is 13.5. The first-order valence-electron chi connectivity index (χ1n) is 10.2. The summed E-state index contributed by atoms with van der Waals surface area (Å²) in [4.78, 5) is 19.2. The van der Waals surface area contributed by atoms with Gasteiger partial charge in [-0.15, -0.1) is 0 Å². The summed E-state index contributed by atoms with van der Waals surface area (Å²) < 4.78 is 19.4. The van der Waals surface area contributed by atoms with Crippen molar-refractivity contribution in [1.29, 1.82) is 0 Å². The topological polar surface area (TPSA) is 42.4 Å². The van der Waals surface area contributed by atoms with E-state index in [1.165, 1.54) is 18.6 Å². The number of benzene rings is 2. The number of amides is 1. The zero-order valence-corrected chi connectivity index (χ0v) is 17.9. The number of fused-ring (bicyclic) bond motifs is 1. The van der Waals surface area contributed by atoms with Gasteiger partial charge in [0.05, 0.1) is 10.5 Å². The van der Waals surface area contributed by atoms with Crippen LogP contribution >= 0.6 is 11.6 Å². The molecule has 2 aromatic carbocycles. The first kappa shape index (κ1) is 20.6. The maximum absolute atomic E-state index is 13.5. The van der Waals surface area contributed by atoms with Gasteiger partial charge in [-0.1, -0.05) is 11.6 Å². The number of ether oxygens (including phenoxy) is 1. The number of nitrogens with zero attached hydrogens (tertiary/aromatic N) is 2. The SMILES string of the molecule is Cc1cc(-c2ccc(F)cc2Cl)c2ccc(O[C@H](C)C(=O)N3CCCCC3)cc2n1. The quantitative estimate of drug-likeness (QED) is 0.530. The number of rotatable bonds is 4. The number of pyridine rings is 1. The fourth-order valence-corrected chi connectivity index (χ4v) is 4.24. The molecule has 0 N–H and O–H groups in total. The van der Waals surface area contributed by atoms with Crippen molar-refractivity contribution < 1.29 is 13.9 Å². The molecule has 1 aliphatic rings. The van der Waals surface area contributed by atoms with Gasteiger partial charge in [-0.2, -0.15) is 0 Å². The third-order valence-corrected chi connectivity index (χ3v) is 5.77. The average Bonchev–Trinajstić information content (AvgIpc) is 2.73. The predicted octanol–water partition coefficient (Wildman–Crippen LogP) is 5.78. The molecule has 6 heteroatoms. The van der Waals surface area contributed by atoms with Crippen molar-refractivity contribution in [2.45, 2.75) is 39.2 Å². The Bertz CT molecular complexity index is 1100. The number of halogens is 2. The van der Waals surface area contributed by atoms with Gasteiger partial charge in [0, 0.05) is 35.8 Å². The van der Waals surface area contributed by atoms with Crippen LogP contribution in [0.3, 0.4) is 0 Å². The minimum absolute atomic E-state index is 0.0192. The van der Waals surface area contributed by atoms with Crippen LogP contribution in [0.1, 0.15) is 31.9 Å². The summed E-state index contributed by atoms with van der Waals surface area (Å²) >= 11 is 6.30. The molecular formula is C24H24ClFN2O2. The molecule has 0 unspecified atom stereocenters. The third-order valence-electron chi connectivity index (χ3n) is 5.46. The third kappa shape index (κ3) is 4.26. The maximum Gasteiger partial charge on any atom is 0.263 e. The molecule has 1 aromatic heterocycles. The standard InChI is InChI=1S/C24H24ClFN2O2/c1-15-12-21(19-8-6-17(26)13-22(19)25)20-9-7-18(14-23(20)27-15)30-16(2)24(29)28-10-4-3-5-11-28/h6-9,12-14,16H,3-5,10-11H2,1-2H3/t16-/m1/s1. The molecule has 2 heterocycles. The van der Waals surface area contributed by atoms with E-state index in [4.69, 9.17) is 16.3 Å². The summed E-state index contributed by atoms with van der Waals surface area (Å²) in [7, 11) is 0. The number of aromatic nitrogens is 1. The highest BCUT2D eigenvalue weighted by molar-refractivity contribution is 6.33. The molecule has 1 aliphatic heterocycles. The number of likely N-dealkylation sites (tertiary alicyclic amines) is 1. The molecular weight excluding hydrogens is 403 g/mol. The van der Waals surface area contributed by atoms with Crippen molar-refractivity contribution in [2.24, 2.45) is 0 Å². The van der Waals surface area contributed by atoms with Crippen LogP contribution in [0.4, 0.5) is 4.39 Å². The van der Waals surface area contributed by atoms with Crippen LogP contribution in [0.25, 0.3) is 22.0 Å². The van der Waals surface area contributed by atoms with Gasteiger partial charge < -0.3 is 9.64 Å². The largest absolute Gasteiger partial charge is 0.481 e. The number of hydrogen-bond donors (Lipinski definition) is 0. The lowest BCUT2D eigenvalue weighted by Gasteiger charge is -2.29. The van der Waals surface area contributed by atoms with E-state index >= 15 is 0 Å². The van der Waals surface area contributed by atoms with E-state index in [0.717, 1.165) is 53.7 Å². The first-order chi connectivity index (χ1) is 14.4. The first-order valence-corrected chi connectivity index (χ1v) is 10.6. The molecule has 0 aliphatic carbocycles. The molecule has 1 fully saturated rings. The van der Waals surface area contributed by atoms with Gasteiger partial charge in [-0.3, -0.25) is 9.78 Å². The van der Waals surface area contributed by atoms with Crippen molar-refractivity contribution in [3.8, 4) is 16.9 Å². The lowest BCUT2D eigenvalue weighted by molar-refractivity contribution is -0.138. The lowest BCUT2D eigenvalue weighted by Crippen LogP contribution is -2.43. The second-order valence-corrected chi connectivity index (χ2v) is 8.17. The molecule has 1 saturated heterocycles. The highest BCUT2D eigenvalue weighted by Crippen LogP contribution is 2.35. The summed E-state index contributed by atoms with van der Waals surface area (Å²) in [6, 6.07) is 11.9. The van der Waals surface area contributed by atoms with Crippen LogP contribution < -0.4 is 4.74 Å². The van der Waals surface area contributed by atoms with Crippen LogP contribution in [0.5, 0.6) is 5.75 Å². The Morgan fingerprint density at radius 1 is 1.10 bits per heavy atom. The predicted molar refractivity (Wildman–Crippen MR) is 117 cm³/mol. The lowest BCUT2D eigenvalue weighted by atomic mass is 10.00. The summed E-state index contributed by atoms with van der Waals surface area (Å²) in [5, 5.41) is 1.24. The molecule has 1 atom stereocenters. The van der Waals surface area contributed by atoms with Crippen molar-refractivity contribution in [3.05, 3.63) is 59.0 Å². The molecule has 4 nitrogen and oxygen atoms in total. The van der Waals surface area contributed by atoms with Gasteiger partial charge in [0.15, 0.2) is 6.10 Å². The van der Waals surface area contributed by atoms with Crippen LogP contribution in [0.2, 0.25) is 5.02 Å². The Morgan fingerprint density at radius 3 is 2.60 bits per heavy atom. The zero-order valence-electron chi connectivity index (χ0n) is 17.1. The average molecular weight is 427 g/mol. The molecule has 156 valence electrons. The van der Waals surface area contributed by atoms with Crippen LogP contribution in [-0.2, 0) is 4.79 Å². The highest BCUT2D eigenvalue weighted by Gasteiger charge is 2.23. The van der Waals surface area contributed by atoms with Crippen LogP contribution in [0, 0.1) is 12.7 Å². The Hall–Kier alpha value is -2.66. The van der Waals surface area contributed by atoms with Gasteiger partial charge in [0.1, 0.15) is 11.6 Å². The van der Waals surface area contributed by atoms with Crippen molar-refractivity contribution >= 4 is 28.4 Å². The molecule has 0 bridgehead atoms. The summed E-state index contributed by atoms with van der Waals surface area (Å²) in [6.45, 7) is 5.28. The van der Waals surface area contributed by atoms with E-state index in [9.17, 15) is 9.18 Å². The summed E-state index contributed by atoms with van der Waals surface area (Å²) in [6.07, 6.45) is 2.71. The van der Waals surface area contributed by atoms with E-state index in [2.05, 4.69) is 4.98 Å². The van der Waals surface area contributed by atoms with Crippen molar-refractivity contribution in [1.82, 2.24) is 9.88 Å². The fourth-order valence-electron chi connectivity index (χ4n) is 3.97. The normalized spacial score (nSPS) is 15.3. The molecule has 0 radical (unpaired) electrons. The molecule has 3 aromatic rings. The minimum Gasteiger partial charge on any atom is -0.481 e. The second-order valence-electron chi connectivity index (χ2n) is 7.76. The van der Waals surface area contributed by atoms with E-state index in [-0.39, 0.29) is 11.7 Å². The summed E-state index contributed by atoms with van der Waals surface area (Å²) in [5.41, 5.74) is 3.18. The van der Waals surface area contributed by atoms with Gasteiger partial charge in [-0.25, -0.2) is 4.39 Å². The van der Waals surface area contributed by atoms with Crippen LogP contribution in [0.15, 0.2) is 42.5 Å². The Balaban J connectivity index is 1.64. The van der Waals surface area contributed by atoms with Crippen molar-refractivity contribution in [3.63, 3.8) is 0 Å². The van der Waals surface area contributed by atoms with Gasteiger partial charge in [0.2, 0.25) is 0 Å². The van der Waals surface area contributed by atoms with Gasteiger partial charge in [-0.05, 0) is 75.1 Å². The monoisotopic (exact) mass is 426 g/mol. The van der Waals surface area contributed by atoms with Gasteiger partial charge in [0.25, 0.3) is 5.91 Å². The van der Waals surface area contributed by atoms with Gasteiger partial charge >= 0.3 is 0 Å². The smallest absolute Gasteiger partial charge is 0.263 e. The Kier molecular flexibility index (Phi) is 5.91. The zero-order chi connectivity index (χ0) is 21.3. The molecule has 0 saturated carbocycles. The molecule has 0 spiro atoms. The Morgan fingerprint density at radius 2 is 1.87 bits per heavy atom. The highest BCUT2D eigenvalue weighted by atomic mass is 35.5.